The third kappa shape index (κ3) is 4.77. The molecular formula is C20H30N4O3. The molecule has 1 aromatic rings. The zero-order valence-corrected chi connectivity index (χ0v) is 16.3. The fourth-order valence-electron chi connectivity index (χ4n) is 4.15. The fraction of sp³-hybridized carbons (Fsp3) is 0.650. The fourth-order valence-corrected chi connectivity index (χ4v) is 4.15. The van der Waals surface area contributed by atoms with Gasteiger partial charge in [0.05, 0.1) is 11.0 Å². The van der Waals surface area contributed by atoms with Crippen LogP contribution in [-0.2, 0) is 4.79 Å². The molecule has 1 aliphatic heterocycles. The maximum absolute atomic E-state index is 12.7. The average Bonchev–Trinajstić information content (AvgIpc) is 2.69. The Bertz CT molecular complexity index is 656. The number of rotatable bonds is 5. The molecule has 1 aromatic carbocycles. The summed E-state index contributed by atoms with van der Waals surface area (Å²) >= 11 is 0. The summed E-state index contributed by atoms with van der Waals surface area (Å²) in [5.74, 6) is 0.700. The number of amides is 1. The number of benzene rings is 1. The van der Waals surface area contributed by atoms with Crippen LogP contribution in [0.5, 0.6) is 0 Å². The minimum atomic E-state index is -0.380. The van der Waals surface area contributed by atoms with Crippen molar-refractivity contribution >= 4 is 17.3 Å². The van der Waals surface area contributed by atoms with Crippen LogP contribution in [0, 0.1) is 16.0 Å². The molecule has 7 heteroatoms. The predicted octanol–water partition coefficient (Wildman–Crippen LogP) is 2.80. The van der Waals surface area contributed by atoms with Crippen LogP contribution in [0.3, 0.4) is 0 Å². The topological polar surface area (TPSA) is 78.7 Å². The minimum absolute atomic E-state index is 0.111. The second-order valence-corrected chi connectivity index (χ2v) is 7.85. The van der Waals surface area contributed by atoms with Crippen molar-refractivity contribution in [2.24, 2.45) is 5.92 Å². The summed E-state index contributed by atoms with van der Waals surface area (Å²) in [6.45, 7) is 7.48. The number of anilines is 1. The first kappa shape index (κ1) is 19.6. The van der Waals surface area contributed by atoms with Crippen LogP contribution in [0.4, 0.5) is 11.4 Å². The molecule has 0 aromatic heterocycles. The Morgan fingerprint density at radius 2 is 1.78 bits per heavy atom. The number of nitro benzene ring substituents is 1. The molecule has 148 valence electrons. The van der Waals surface area contributed by atoms with Gasteiger partial charge in [0.25, 0.3) is 5.69 Å². The van der Waals surface area contributed by atoms with Crippen LogP contribution in [0.2, 0.25) is 0 Å². The van der Waals surface area contributed by atoms with Crippen LogP contribution in [-0.4, -0.2) is 54.0 Å². The van der Waals surface area contributed by atoms with Gasteiger partial charge in [-0.15, -0.1) is 0 Å². The lowest BCUT2D eigenvalue weighted by molar-refractivity contribution is -0.384. The van der Waals surface area contributed by atoms with Crippen molar-refractivity contribution in [1.82, 2.24) is 10.2 Å². The van der Waals surface area contributed by atoms with E-state index in [1.54, 1.807) is 24.3 Å². The Hall–Kier alpha value is -2.15. The standard InChI is InChI=1S/C20H30N4O3/c1-15-5-3-4-6-19(15)21-20(25)16(2)22-11-13-23(14-12-22)17-7-9-18(10-8-17)24(26)27/h7-10,15-16,19H,3-6,11-14H2,1-2H3,(H,21,25). The van der Waals surface area contributed by atoms with Crippen molar-refractivity contribution < 1.29 is 9.72 Å². The first-order chi connectivity index (χ1) is 13.0. The Kier molecular flexibility index (Phi) is 6.31. The molecule has 3 unspecified atom stereocenters. The third-order valence-corrected chi connectivity index (χ3v) is 6.11. The van der Waals surface area contributed by atoms with Crippen molar-refractivity contribution in [3.05, 3.63) is 34.4 Å². The molecule has 2 fully saturated rings. The lowest BCUT2D eigenvalue weighted by Crippen LogP contribution is -2.55. The summed E-state index contributed by atoms with van der Waals surface area (Å²) in [5, 5.41) is 14.0. The van der Waals surface area contributed by atoms with Crippen LogP contribution < -0.4 is 10.2 Å². The smallest absolute Gasteiger partial charge is 0.269 e. The molecule has 1 amide bonds. The molecule has 0 radical (unpaired) electrons. The van der Waals surface area contributed by atoms with Gasteiger partial charge in [-0.1, -0.05) is 19.8 Å². The van der Waals surface area contributed by atoms with E-state index in [0.717, 1.165) is 38.3 Å². The zero-order chi connectivity index (χ0) is 19.4. The zero-order valence-electron chi connectivity index (χ0n) is 16.3. The molecule has 0 bridgehead atoms. The number of nitrogens with zero attached hydrogens (tertiary/aromatic N) is 3. The van der Waals surface area contributed by atoms with Gasteiger partial charge in [0.2, 0.25) is 5.91 Å². The molecule has 1 N–H and O–H groups in total. The highest BCUT2D eigenvalue weighted by Gasteiger charge is 2.29. The van der Waals surface area contributed by atoms with Crippen molar-refractivity contribution in [3.8, 4) is 0 Å². The van der Waals surface area contributed by atoms with Gasteiger partial charge in [-0.05, 0) is 37.8 Å². The Morgan fingerprint density at radius 1 is 1.15 bits per heavy atom. The number of carbonyl (C=O) groups is 1. The molecule has 1 saturated carbocycles. The van der Waals surface area contributed by atoms with Gasteiger partial charge in [0.1, 0.15) is 0 Å². The predicted molar refractivity (Wildman–Crippen MR) is 106 cm³/mol. The molecule has 3 rings (SSSR count). The van der Waals surface area contributed by atoms with Gasteiger partial charge < -0.3 is 10.2 Å². The molecule has 2 aliphatic rings. The molecule has 3 atom stereocenters. The van der Waals surface area contributed by atoms with Gasteiger partial charge in [-0.25, -0.2) is 0 Å². The molecular weight excluding hydrogens is 344 g/mol. The number of hydrogen-bond donors (Lipinski definition) is 1. The normalized spacial score (nSPS) is 25.0. The van der Waals surface area contributed by atoms with Crippen molar-refractivity contribution in [2.75, 3.05) is 31.1 Å². The van der Waals surface area contributed by atoms with Crippen LogP contribution in [0.1, 0.15) is 39.5 Å². The molecule has 1 saturated heterocycles. The summed E-state index contributed by atoms with van der Waals surface area (Å²) in [6, 6.07) is 6.88. The second-order valence-electron chi connectivity index (χ2n) is 7.85. The van der Waals surface area contributed by atoms with E-state index in [-0.39, 0.29) is 22.6 Å². The van der Waals surface area contributed by atoms with E-state index in [1.165, 1.54) is 19.3 Å². The quantitative estimate of drug-likeness (QED) is 0.633. The highest BCUT2D eigenvalue weighted by Crippen LogP contribution is 2.24. The largest absolute Gasteiger partial charge is 0.369 e. The van der Waals surface area contributed by atoms with Crippen LogP contribution >= 0.6 is 0 Å². The lowest BCUT2D eigenvalue weighted by atomic mass is 9.86. The van der Waals surface area contributed by atoms with Crippen LogP contribution in [0.25, 0.3) is 0 Å². The lowest BCUT2D eigenvalue weighted by Gasteiger charge is -2.39. The van der Waals surface area contributed by atoms with E-state index in [9.17, 15) is 14.9 Å². The number of nitrogens with one attached hydrogen (secondary N) is 1. The number of piperazine rings is 1. The first-order valence-corrected chi connectivity index (χ1v) is 9.99. The maximum Gasteiger partial charge on any atom is 0.269 e. The van der Waals surface area contributed by atoms with Gasteiger partial charge in [-0.3, -0.25) is 19.8 Å². The Morgan fingerprint density at radius 3 is 2.37 bits per heavy atom. The Labute approximate surface area is 160 Å². The summed E-state index contributed by atoms with van der Waals surface area (Å²) < 4.78 is 0. The van der Waals surface area contributed by atoms with Gasteiger partial charge in [0, 0.05) is 50.0 Å². The highest BCUT2D eigenvalue weighted by molar-refractivity contribution is 5.81. The van der Waals surface area contributed by atoms with Gasteiger partial charge >= 0.3 is 0 Å². The molecule has 0 spiro atoms. The van der Waals surface area contributed by atoms with Crippen LogP contribution in [0.15, 0.2) is 24.3 Å². The highest BCUT2D eigenvalue weighted by atomic mass is 16.6. The van der Waals surface area contributed by atoms with Gasteiger partial charge in [-0.2, -0.15) is 0 Å². The molecule has 1 heterocycles. The number of hydrogen-bond acceptors (Lipinski definition) is 5. The van der Waals surface area contributed by atoms with Gasteiger partial charge in [0.15, 0.2) is 0 Å². The number of non-ortho nitro benzene ring substituents is 1. The molecule has 7 nitrogen and oxygen atoms in total. The van der Waals surface area contributed by atoms with E-state index < -0.39 is 0 Å². The van der Waals surface area contributed by atoms with E-state index in [0.29, 0.717) is 12.0 Å². The average molecular weight is 374 g/mol. The monoisotopic (exact) mass is 374 g/mol. The van der Waals surface area contributed by atoms with E-state index in [1.807, 2.05) is 6.92 Å². The molecule has 1 aliphatic carbocycles. The summed E-state index contributed by atoms with van der Waals surface area (Å²) in [7, 11) is 0. The van der Waals surface area contributed by atoms with Crippen molar-refractivity contribution in [3.63, 3.8) is 0 Å². The SMILES string of the molecule is CC1CCCCC1NC(=O)C(C)N1CCN(c2ccc([N+](=O)[O-])cc2)CC1. The third-order valence-electron chi connectivity index (χ3n) is 6.11. The minimum Gasteiger partial charge on any atom is -0.369 e. The molecule has 27 heavy (non-hydrogen) atoms. The van der Waals surface area contributed by atoms with E-state index in [2.05, 4.69) is 22.0 Å². The summed E-state index contributed by atoms with van der Waals surface area (Å²) in [5.41, 5.74) is 1.10. The number of carbonyl (C=O) groups excluding carboxylic acids is 1. The summed E-state index contributed by atoms with van der Waals surface area (Å²) in [4.78, 5) is 27.5. The second kappa shape index (κ2) is 8.69. The van der Waals surface area contributed by atoms with Crippen molar-refractivity contribution in [1.29, 1.82) is 0 Å². The van der Waals surface area contributed by atoms with Crippen molar-refractivity contribution in [2.45, 2.75) is 51.6 Å². The Balaban J connectivity index is 1.50. The summed E-state index contributed by atoms with van der Waals surface area (Å²) in [6.07, 6.45) is 4.77. The first-order valence-electron chi connectivity index (χ1n) is 9.99. The van der Waals surface area contributed by atoms with E-state index in [4.69, 9.17) is 0 Å². The maximum atomic E-state index is 12.7. The van der Waals surface area contributed by atoms with E-state index >= 15 is 0 Å². The number of nitro groups is 1.